The molecule has 0 spiro atoms. The van der Waals surface area contributed by atoms with E-state index in [1.54, 1.807) is 11.9 Å². The molecule has 0 radical (unpaired) electrons. The molecular weight excluding hydrogens is 468 g/mol. The molecule has 7 nitrogen and oxygen atoms in total. The SMILES string of the molecule is CC1CCC(OC2CCC(N3C(=O)C4CCC(C5CCC6C(=O)N(C)C(=O)C6C5)CC4C3=O)CC2)CC1. The zero-order valence-corrected chi connectivity index (χ0v) is 22.6. The lowest BCUT2D eigenvalue weighted by Gasteiger charge is -2.38. The number of rotatable bonds is 4. The summed E-state index contributed by atoms with van der Waals surface area (Å²) in [6.07, 6.45) is 14.1. The molecule has 6 atom stereocenters. The Labute approximate surface area is 221 Å². The van der Waals surface area contributed by atoms with Crippen LogP contribution in [0.15, 0.2) is 0 Å². The van der Waals surface area contributed by atoms with Gasteiger partial charge in [0.1, 0.15) is 0 Å². The third kappa shape index (κ3) is 4.57. The monoisotopic (exact) mass is 512 g/mol. The molecule has 0 aromatic heterocycles. The number of imide groups is 2. The first kappa shape index (κ1) is 25.5. The quantitative estimate of drug-likeness (QED) is 0.524. The van der Waals surface area contributed by atoms with Crippen molar-refractivity contribution in [2.24, 2.45) is 41.4 Å². The normalized spacial score (nSPS) is 44.8. The summed E-state index contributed by atoms with van der Waals surface area (Å²) in [7, 11) is 1.61. The maximum Gasteiger partial charge on any atom is 0.233 e. The molecule has 4 aliphatic carbocycles. The second-order valence-corrected chi connectivity index (χ2v) is 13.3. The van der Waals surface area contributed by atoms with Crippen LogP contribution in [-0.2, 0) is 23.9 Å². The fourth-order valence-electron chi connectivity index (χ4n) is 8.91. The minimum Gasteiger partial charge on any atom is -0.375 e. The number of nitrogens with zero attached hydrogens (tertiary/aromatic N) is 2. The molecular formula is C30H44N2O5. The fraction of sp³-hybridized carbons (Fsp3) is 0.867. The summed E-state index contributed by atoms with van der Waals surface area (Å²) in [5.41, 5.74) is 0. The highest BCUT2D eigenvalue weighted by molar-refractivity contribution is 6.06. The molecule has 2 heterocycles. The first-order valence-corrected chi connectivity index (χ1v) is 15.2. The lowest BCUT2D eigenvalue weighted by molar-refractivity contribution is -0.145. The second-order valence-electron chi connectivity index (χ2n) is 13.3. The first-order valence-electron chi connectivity index (χ1n) is 15.2. The highest BCUT2D eigenvalue weighted by Crippen LogP contribution is 2.50. The number of carbonyl (C=O) groups excluding carboxylic acids is 4. The van der Waals surface area contributed by atoms with Crippen molar-refractivity contribution in [2.45, 2.75) is 115 Å². The number of carbonyl (C=O) groups is 4. The topological polar surface area (TPSA) is 84.0 Å². The summed E-state index contributed by atoms with van der Waals surface area (Å²) in [5.74, 6) is 0.987. The van der Waals surface area contributed by atoms with Gasteiger partial charge in [0.15, 0.2) is 0 Å². The largest absolute Gasteiger partial charge is 0.375 e. The van der Waals surface area contributed by atoms with Gasteiger partial charge in [-0.05, 0) is 108 Å². The molecule has 6 rings (SSSR count). The van der Waals surface area contributed by atoms with Gasteiger partial charge in [-0.15, -0.1) is 0 Å². The van der Waals surface area contributed by atoms with Gasteiger partial charge in [0.25, 0.3) is 0 Å². The molecule has 2 saturated heterocycles. The molecule has 6 fully saturated rings. The number of likely N-dealkylation sites (tertiary alicyclic amines) is 2. The predicted octanol–water partition coefficient (Wildman–Crippen LogP) is 4.33. The van der Waals surface area contributed by atoms with E-state index in [9.17, 15) is 19.2 Å². The van der Waals surface area contributed by atoms with Crippen LogP contribution in [0.4, 0.5) is 0 Å². The van der Waals surface area contributed by atoms with E-state index >= 15 is 0 Å². The van der Waals surface area contributed by atoms with Crippen LogP contribution in [-0.4, -0.2) is 58.7 Å². The Hall–Kier alpha value is -1.76. The van der Waals surface area contributed by atoms with E-state index in [0.29, 0.717) is 17.9 Å². The van der Waals surface area contributed by atoms with E-state index in [1.165, 1.54) is 17.7 Å². The van der Waals surface area contributed by atoms with Crippen molar-refractivity contribution in [2.75, 3.05) is 7.05 Å². The van der Waals surface area contributed by atoms with Crippen LogP contribution in [0.25, 0.3) is 0 Å². The van der Waals surface area contributed by atoms with Gasteiger partial charge in [-0.1, -0.05) is 6.92 Å². The number of amides is 4. The smallest absolute Gasteiger partial charge is 0.233 e. The molecule has 0 bridgehead atoms. The second kappa shape index (κ2) is 10.1. The molecule has 4 amide bonds. The Morgan fingerprint density at radius 1 is 0.568 bits per heavy atom. The van der Waals surface area contributed by atoms with Crippen LogP contribution < -0.4 is 0 Å². The zero-order chi connectivity index (χ0) is 25.8. The molecule has 0 aromatic carbocycles. The van der Waals surface area contributed by atoms with Crippen molar-refractivity contribution in [1.29, 1.82) is 0 Å². The molecule has 7 heteroatoms. The number of ether oxygens (including phenoxy) is 1. The van der Waals surface area contributed by atoms with Crippen LogP contribution in [0, 0.1) is 41.4 Å². The molecule has 0 N–H and O–H groups in total. The summed E-state index contributed by atoms with van der Waals surface area (Å²) in [5, 5.41) is 0. The number of hydrogen-bond acceptors (Lipinski definition) is 5. The van der Waals surface area contributed by atoms with E-state index < -0.39 is 0 Å². The molecule has 2 aliphatic heterocycles. The Morgan fingerprint density at radius 3 is 1.62 bits per heavy atom. The van der Waals surface area contributed by atoms with Crippen LogP contribution in [0.3, 0.4) is 0 Å². The standard InChI is InChI=1S/C30H44N2O5/c1-17-3-9-21(10-4-17)37-22-11-7-20(8-12-22)32-29(35)24-14-6-19(16-26(24)30(32)36)18-5-13-23-25(15-18)28(34)31(2)27(23)33/h17-26H,3-16H2,1-2H3. The Morgan fingerprint density at radius 2 is 1.03 bits per heavy atom. The van der Waals surface area contributed by atoms with E-state index in [1.807, 2.05) is 0 Å². The van der Waals surface area contributed by atoms with Crippen molar-refractivity contribution in [3.05, 3.63) is 0 Å². The third-order valence-corrected chi connectivity index (χ3v) is 11.2. The maximum atomic E-state index is 13.6. The minimum atomic E-state index is -0.189. The van der Waals surface area contributed by atoms with E-state index in [-0.39, 0.29) is 59.4 Å². The van der Waals surface area contributed by atoms with Crippen molar-refractivity contribution < 1.29 is 23.9 Å². The predicted molar refractivity (Wildman–Crippen MR) is 137 cm³/mol. The first-order chi connectivity index (χ1) is 17.8. The van der Waals surface area contributed by atoms with Crippen molar-refractivity contribution in [3.63, 3.8) is 0 Å². The molecule has 6 unspecified atom stereocenters. The van der Waals surface area contributed by atoms with Crippen LogP contribution in [0.2, 0.25) is 0 Å². The van der Waals surface area contributed by atoms with Gasteiger partial charge < -0.3 is 4.74 Å². The molecule has 37 heavy (non-hydrogen) atoms. The van der Waals surface area contributed by atoms with Gasteiger partial charge in [0.05, 0.1) is 35.9 Å². The van der Waals surface area contributed by atoms with Gasteiger partial charge >= 0.3 is 0 Å². The lowest BCUT2D eigenvalue weighted by atomic mass is 9.64. The molecule has 204 valence electrons. The summed E-state index contributed by atoms with van der Waals surface area (Å²) in [6.45, 7) is 2.33. The fourth-order valence-corrected chi connectivity index (χ4v) is 8.91. The molecule has 0 aromatic rings. The zero-order valence-electron chi connectivity index (χ0n) is 22.6. The van der Waals surface area contributed by atoms with Crippen molar-refractivity contribution in [1.82, 2.24) is 9.80 Å². The number of fused-ring (bicyclic) bond motifs is 2. The Balaban J connectivity index is 1.04. The van der Waals surface area contributed by atoms with Gasteiger partial charge in [-0.2, -0.15) is 0 Å². The third-order valence-electron chi connectivity index (χ3n) is 11.2. The number of hydrogen-bond donors (Lipinski definition) is 0. The van der Waals surface area contributed by atoms with Crippen LogP contribution in [0.1, 0.15) is 96.8 Å². The molecule has 4 saturated carbocycles. The van der Waals surface area contributed by atoms with E-state index in [0.717, 1.165) is 83.0 Å². The van der Waals surface area contributed by atoms with E-state index in [4.69, 9.17) is 4.74 Å². The highest BCUT2D eigenvalue weighted by atomic mass is 16.5. The van der Waals surface area contributed by atoms with Gasteiger partial charge in [-0.25, -0.2) is 0 Å². The van der Waals surface area contributed by atoms with Gasteiger partial charge in [-0.3, -0.25) is 29.0 Å². The summed E-state index contributed by atoms with van der Waals surface area (Å²) in [6, 6.07) is 0.0309. The van der Waals surface area contributed by atoms with Crippen molar-refractivity contribution >= 4 is 23.6 Å². The molecule has 6 aliphatic rings. The van der Waals surface area contributed by atoms with Crippen molar-refractivity contribution in [3.8, 4) is 0 Å². The van der Waals surface area contributed by atoms with Gasteiger partial charge in [0, 0.05) is 13.1 Å². The van der Waals surface area contributed by atoms with Crippen LogP contribution >= 0.6 is 0 Å². The average Bonchev–Trinajstić information content (AvgIpc) is 3.29. The summed E-state index contributed by atoms with van der Waals surface area (Å²) >= 11 is 0. The highest BCUT2D eigenvalue weighted by Gasteiger charge is 2.55. The average molecular weight is 513 g/mol. The van der Waals surface area contributed by atoms with Gasteiger partial charge in [0.2, 0.25) is 23.6 Å². The minimum absolute atomic E-state index is 0.0159. The Bertz CT molecular complexity index is 934. The maximum absolute atomic E-state index is 13.6. The summed E-state index contributed by atoms with van der Waals surface area (Å²) < 4.78 is 6.44. The Kier molecular flexibility index (Phi) is 6.96. The van der Waals surface area contributed by atoms with E-state index in [2.05, 4.69) is 6.92 Å². The summed E-state index contributed by atoms with van der Waals surface area (Å²) in [4.78, 5) is 55.0. The van der Waals surface area contributed by atoms with Crippen LogP contribution in [0.5, 0.6) is 0 Å². The lowest BCUT2D eigenvalue weighted by Crippen LogP contribution is -2.44.